The Morgan fingerprint density at radius 3 is 2.45 bits per heavy atom. The number of methoxy groups -OCH3 is 2. The molecule has 2 rings (SSSR count). The highest BCUT2D eigenvalue weighted by Gasteiger charge is 2.36. The average molecular weight is 308 g/mol. The van der Waals surface area contributed by atoms with Crippen molar-refractivity contribution >= 4 is 23.5 Å². The van der Waals surface area contributed by atoms with Gasteiger partial charge in [0.1, 0.15) is 17.1 Å². The molecule has 22 heavy (non-hydrogen) atoms. The van der Waals surface area contributed by atoms with Gasteiger partial charge in [-0.25, -0.2) is 4.79 Å². The van der Waals surface area contributed by atoms with Gasteiger partial charge in [-0.15, -0.1) is 0 Å². The fourth-order valence-electron chi connectivity index (χ4n) is 2.41. The number of hydrogen-bond donors (Lipinski definition) is 2. The van der Waals surface area contributed by atoms with Crippen molar-refractivity contribution in [2.45, 2.75) is 6.42 Å². The number of nitrogens with two attached hydrogens (primary N) is 1. The van der Waals surface area contributed by atoms with Crippen molar-refractivity contribution in [2.75, 3.05) is 25.7 Å². The Kier molecular flexibility index (Phi) is 4.20. The molecule has 0 aliphatic carbocycles. The quantitative estimate of drug-likeness (QED) is 0.804. The minimum absolute atomic E-state index is 0.0325. The van der Waals surface area contributed by atoms with Gasteiger partial charge in [-0.1, -0.05) is 0 Å². The summed E-state index contributed by atoms with van der Waals surface area (Å²) >= 11 is 0. The molecule has 0 bridgehead atoms. The molecule has 1 heterocycles. The van der Waals surface area contributed by atoms with E-state index >= 15 is 0 Å². The third kappa shape index (κ3) is 2.67. The predicted molar refractivity (Wildman–Crippen MR) is 76.2 cm³/mol. The van der Waals surface area contributed by atoms with Gasteiger partial charge in [-0.2, -0.15) is 0 Å². The van der Waals surface area contributed by atoms with E-state index in [4.69, 9.17) is 15.2 Å². The van der Waals surface area contributed by atoms with Crippen molar-refractivity contribution in [2.24, 2.45) is 11.7 Å². The summed E-state index contributed by atoms with van der Waals surface area (Å²) in [5.41, 5.74) is 5.18. The molecule has 8 nitrogen and oxygen atoms in total. The number of ether oxygens (including phenoxy) is 2. The number of nitrogens with zero attached hydrogens (tertiary/aromatic N) is 1. The summed E-state index contributed by atoms with van der Waals surface area (Å²) in [5.74, 6) is -2.45. The Balaban J connectivity index is 2.56. The maximum Gasteiger partial charge on any atom is 0.341 e. The summed E-state index contributed by atoms with van der Waals surface area (Å²) in [5, 5.41) is 9.41. The highest BCUT2D eigenvalue weighted by Crippen LogP contribution is 2.37. The van der Waals surface area contributed by atoms with E-state index in [2.05, 4.69) is 0 Å². The van der Waals surface area contributed by atoms with Gasteiger partial charge in [0.05, 0.1) is 25.8 Å². The molecule has 0 saturated carbocycles. The number of amides is 2. The van der Waals surface area contributed by atoms with E-state index < -0.39 is 17.8 Å². The largest absolute Gasteiger partial charge is 0.497 e. The first kappa shape index (κ1) is 15.6. The molecule has 1 aromatic carbocycles. The Morgan fingerprint density at radius 1 is 1.32 bits per heavy atom. The van der Waals surface area contributed by atoms with Crippen molar-refractivity contribution in [3.05, 3.63) is 17.7 Å². The zero-order chi connectivity index (χ0) is 16.4. The molecule has 1 aliphatic rings. The molecular weight excluding hydrogens is 292 g/mol. The molecular formula is C14H16N2O6. The van der Waals surface area contributed by atoms with Crippen LogP contribution in [0, 0.1) is 5.92 Å². The Bertz CT molecular complexity index is 642. The third-order valence-corrected chi connectivity index (χ3v) is 3.54. The van der Waals surface area contributed by atoms with Crippen LogP contribution < -0.4 is 20.1 Å². The van der Waals surface area contributed by atoms with E-state index in [1.807, 2.05) is 0 Å². The number of primary amides is 1. The first-order valence-corrected chi connectivity index (χ1v) is 6.48. The molecule has 8 heteroatoms. The van der Waals surface area contributed by atoms with E-state index in [-0.39, 0.29) is 35.9 Å². The summed E-state index contributed by atoms with van der Waals surface area (Å²) in [7, 11) is 2.74. The fourth-order valence-corrected chi connectivity index (χ4v) is 2.41. The average Bonchev–Trinajstić information content (AvgIpc) is 2.87. The number of hydrogen-bond acceptors (Lipinski definition) is 5. The van der Waals surface area contributed by atoms with Gasteiger partial charge in [0.2, 0.25) is 11.8 Å². The number of rotatable bonds is 5. The van der Waals surface area contributed by atoms with Gasteiger partial charge in [0.15, 0.2) is 0 Å². The summed E-state index contributed by atoms with van der Waals surface area (Å²) in [4.78, 5) is 36.1. The standard InChI is InChI=1S/C14H16N2O6/c1-21-8-4-9(12(14(19)20)10(5-8)22-2)16-6-7(13(15)18)3-11(16)17/h4-5,7H,3,6H2,1-2H3,(H2,15,18)(H,19,20). The van der Waals surface area contributed by atoms with E-state index in [1.165, 1.54) is 31.3 Å². The van der Waals surface area contributed by atoms with Gasteiger partial charge in [0, 0.05) is 25.1 Å². The number of carboxylic acids is 1. The van der Waals surface area contributed by atoms with Crippen LogP contribution in [0.1, 0.15) is 16.8 Å². The van der Waals surface area contributed by atoms with Crippen LogP contribution in [0.15, 0.2) is 12.1 Å². The zero-order valence-electron chi connectivity index (χ0n) is 12.2. The summed E-state index contributed by atoms with van der Waals surface area (Å²) < 4.78 is 10.2. The maximum absolute atomic E-state index is 12.1. The van der Waals surface area contributed by atoms with Crippen LogP contribution in [0.2, 0.25) is 0 Å². The second-order valence-corrected chi connectivity index (χ2v) is 4.84. The van der Waals surface area contributed by atoms with Crippen LogP contribution in [0.5, 0.6) is 11.5 Å². The lowest BCUT2D eigenvalue weighted by Crippen LogP contribution is -2.29. The molecule has 3 N–H and O–H groups in total. The van der Waals surface area contributed by atoms with Crippen LogP contribution in [0.3, 0.4) is 0 Å². The second-order valence-electron chi connectivity index (χ2n) is 4.84. The van der Waals surface area contributed by atoms with Crippen LogP contribution in [0.4, 0.5) is 5.69 Å². The Hall–Kier alpha value is -2.77. The minimum Gasteiger partial charge on any atom is -0.497 e. The topological polar surface area (TPSA) is 119 Å². The number of carboxylic acid groups (broad SMARTS) is 1. The molecule has 118 valence electrons. The van der Waals surface area contributed by atoms with Gasteiger partial charge in [-0.3, -0.25) is 9.59 Å². The number of carbonyl (C=O) groups excluding carboxylic acids is 2. The van der Waals surface area contributed by atoms with E-state index in [9.17, 15) is 19.5 Å². The van der Waals surface area contributed by atoms with Crippen molar-refractivity contribution in [3.8, 4) is 11.5 Å². The molecule has 1 aromatic rings. The lowest BCUT2D eigenvalue weighted by atomic mass is 10.1. The van der Waals surface area contributed by atoms with Crippen molar-refractivity contribution < 1.29 is 29.0 Å². The summed E-state index contributed by atoms with van der Waals surface area (Å²) in [6.45, 7) is 0.0325. The van der Waals surface area contributed by atoms with Crippen LogP contribution in [0.25, 0.3) is 0 Å². The van der Waals surface area contributed by atoms with Crippen molar-refractivity contribution in [3.63, 3.8) is 0 Å². The minimum atomic E-state index is -1.25. The zero-order valence-corrected chi connectivity index (χ0v) is 12.2. The lowest BCUT2D eigenvalue weighted by Gasteiger charge is -2.21. The molecule has 1 fully saturated rings. The van der Waals surface area contributed by atoms with Gasteiger partial charge < -0.3 is 25.2 Å². The SMILES string of the molecule is COc1cc(OC)c(C(=O)O)c(N2CC(C(N)=O)CC2=O)c1. The summed E-state index contributed by atoms with van der Waals surface area (Å²) in [6.07, 6.45) is -0.0477. The molecule has 0 radical (unpaired) electrons. The van der Waals surface area contributed by atoms with Crippen LogP contribution >= 0.6 is 0 Å². The van der Waals surface area contributed by atoms with Gasteiger partial charge >= 0.3 is 5.97 Å². The number of carbonyl (C=O) groups is 3. The van der Waals surface area contributed by atoms with Crippen molar-refractivity contribution in [1.82, 2.24) is 0 Å². The number of aromatic carboxylic acids is 1. The molecule has 1 atom stereocenters. The highest BCUT2D eigenvalue weighted by atomic mass is 16.5. The van der Waals surface area contributed by atoms with Crippen LogP contribution in [-0.4, -0.2) is 43.7 Å². The second kappa shape index (κ2) is 5.92. The molecule has 1 aliphatic heterocycles. The first-order chi connectivity index (χ1) is 10.4. The van der Waals surface area contributed by atoms with E-state index in [0.717, 1.165) is 0 Å². The van der Waals surface area contributed by atoms with Gasteiger partial charge in [-0.05, 0) is 0 Å². The predicted octanol–water partition coefficient (Wildman–Crippen LogP) is 0.240. The van der Waals surface area contributed by atoms with E-state index in [0.29, 0.717) is 5.75 Å². The molecule has 1 unspecified atom stereocenters. The number of benzene rings is 1. The molecule has 0 aromatic heterocycles. The molecule has 1 saturated heterocycles. The molecule has 0 spiro atoms. The lowest BCUT2D eigenvalue weighted by molar-refractivity contribution is -0.123. The van der Waals surface area contributed by atoms with Crippen LogP contribution in [-0.2, 0) is 9.59 Å². The summed E-state index contributed by atoms with van der Waals surface area (Å²) in [6, 6.07) is 2.84. The fraction of sp³-hybridized carbons (Fsp3) is 0.357. The monoisotopic (exact) mass is 308 g/mol. The highest BCUT2D eigenvalue weighted by molar-refractivity contribution is 6.06. The van der Waals surface area contributed by atoms with Gasteiger partial charge in [0.25, 0.3) is 0 Å². The van der Waals surface area contributed by atoms with E-state index in [1.54, 1.807) is 0 Å². The smallest absolute Gasteiger partial charge is 0.341 e. The molecule has 2 amide bonds. The Labute approximate surface area is 126 Å². The Morgan fingerprint density at radius 2 is 2.00 bits per heavy atom. The maximum atomic E-state index is 12.1. The van der Waals surface area contributed by atoms with Crippen molar-refractivity contribution in [1.29, 1.82) is 0 Å². The number of anilines is 1. The first-order valence-electron chi connectivity index (χ1n) is 6.48. The third-order valence-electron chi connectivity index (χ3n) is 3.54. The normalized spacial score (nSPS) is 17.5.